The molecule has 2 aliphatic rings. The Bertz CT molecular complexity index is 400. The minimum Gasteiger partial charge on any atom is -0.379 e. The molecular weight excluding hydrogens is 459 g/mol. The van der Waals surface area contributed by atoms with E-state index in [9.17, 15) is 0 Å². The van der Waals surface area contributed by atoms with E-state index >= 15 is 0 Å². The molecule has 2 rings (SSSR count). The van der Waals surface area contributed by atoms with Crippen LogP contribution in [-0.2, 0) is 14.2 Å². The largest absolute Gasteiger partial charge is 0.379 e. The number of guanidine groups is 1. The maximum atomic E-state index is 5.70. The Morgan fingerprint density at radius 1 is 1.22 bits per heavy atom. The Kier molecular flexibility index (Phi) is 13.6. The fourth-order valence-electron chi connectivity index (χ4n) is 3.49. The van der Waals surface area contributed by atoms with E-state index in [-0.39, 0.29) is 24.0 Å². The highest BCUT2D eigenvalue weighted by Crippen LogP contribution is 2.12. The second-order valence-corrected chi connectivity index (χ2v) is 7.40. The van der Waals surface area contributed by atoms with E-state index < -0.39 is 0 Å². The maximum absolute atomic E-state index is 5.70. The van der Waals surface area contributed by atoms with Crippen molar-refractivity contribution >= 4 is 29.9 Å². The molecule has 0 bridgehead atoms. The lowest BCUT2D eigenvalue weighted by atomic mass is 10.0. The normalized spacial score (nSPS) is 22.5. The number of aliphatic imine (C=N–C) groups is 1. The van der Waals surface area contributed by atoms with Crippen LogP contribution in [0.4, 0.5) is 0 Å². The summed E-state index contributed by atoms with van der Waals surface area (Å²) in [6.45, 7) is 12.4. The first-order chi connectivity index (χ1) is 12.7. The molecule has 2 N–H and O–H groups in total. The van der Waals surface area contributed by atoms with E-state index in [1.54, 1.807) is 0 Å². The highest BCUT2D eigenvalue weighted by atomic mass is 127. The van der Waals surface area contributed by atoms with Crippen LogP contribution < -0.4 is 10.6 Å². The Labute approximate surface area is 182 Å². The molecule has 7 nitrogen and oxygen atoms in total. The van der Waals surface area contributed by atoms with Gasteiger partial charge in [0.15, 0.2) is 5.96 Å². The summed E-state index contributed by atoms with van der Waals surface area (Å²) >= 11 is 0. The lowest BCUT2D eigenvalue weighted by Gasteiger charge is -2.37. The number of morpholine rings is 1. The van der Waals surface area contributed by atoms with Crippen molar-refractivity contribution in [3.63, 3.8) is 0 Å². The number of nitrogens with zero attached hydrogens (tertiary/aromatic N) is 2. The molecule has 8 heteroatoms. The minimum absolute atomic E-state index is 0. The first-order valence-electron chi connectivity index (χ1n) is 10.2. The molecule has 0 saturated carbocycles. The Morgan fingerprint density at radius 3 is 2.63 bits per heavy atom. The summed E-state index contributed by atoms with van der Waals surface area (Å²) in [5.74, 6) is 1.45. The molecule has 2 saturated heterocycles. The van der Waals surface area contributed by atoms with Crippen molar-refractivity contribution < 1.29 is 14.2 Å². The van der Waals surface area contributed by atoms with E-state index in [0.717, 1.165) is 78.0 Å². The van der Waals surface area contributed by atoms with Gasteiger partial charge in [0, 0.05) is 52.5 Å². The van der Waals surface area contributed by atoms with Gasteiger partial charge >= 0.3 is 0 Å². The van der Waals surface area contributed by atoms with E-state index in [1.165, 1.54) is 6.42 Å². The molecule has 2 atom stereocenters. The van der Waals surface area contributed by atoms with Gasteiger partial charge < -0.3 is 24.8 Å². The molecule has 27 heavy (non-hydrogen) atoms. The summed E-state index contributed by atoms with van der Waals surface area (Å²) in [6, 6.07) is 0.493. The van der Waals surface area contributed by atoms with Crippen LogP contribution in [0.15, 0.2) is 4.99 Å². The van der Waals surface area contributed by atoms with Crippen LogP contribution in [0, 0.1) is 5.92 Å². The third kappa shape index (κ3) is 9.74. The Morgan fingerprint density at radius 2 is 2.00 bits per heavy atom. The summed E-state index contributed by atoms with van der Waals surface area (Å²) in [7, 11) is 1.82. The van der Waals surface area contributed by atoms with Crippen molar-refractivity contribution in [3.8, 4) is 0 Å². The summed E-state index contributed by atoms with van der Waals surface area (Å²) in [5.41, 5.74) is 0. The maximum Gasteiger partial charge on any atom is 0.191 e. The van der Waals surface area contributed by atoms with Gasteiger partial charge in [0.1, 0.15) is 0 Å². The van der Waals surface area contributed by atoms with Gasteiger partial charge in [-0.25, -0.2) is 0 Å². The molecule has 2 unspecified atom stereocenters. The van der Waals surface area contributed by atoms with Gasteiger partial charge in [-0.2, -0.15) is 0 Å². The number of hydrogen-bond acceptors (Lipinski definition) is 5. The Hall–Kier alpha value is -0.160. The minimum atomic E-state index is 0. The van der Waals surface area contributed by atoms with Gasteiger partial charge in [-0.05, 0) is 25.2 Å². The number of halogens is 1. The number of ether oxygens (including phenoxy) is 3. The molecule has 0 aliphatic carbocycles. The van der Waals surface area contributed by atoms with Crippen LogP contribution in [0.1, 0.15) is 33.1 Å². The summed E-state index contributed by atoms with van der Waals surface area (Å²) < 4.78 is 16.7. The lowest BCUT2D eigenvalue weighted by molar-refractivity contribution is 0.00751. The average molecular weight is 498 g/mol. The third-order valence-corrected chi connectivity index (χ3v) is 5.07. The second-order valence-electron chi connectivity index (χ2n) is 7.40. The van der Waals surface area contributed by atoms with Gasteiger partial charge in [0.25, 0.3) is 0 Å². The van der Waals surface area contributed by atoms with Gasteiger partial charge in [-0.15, -0.1) is 24.0 Å². The standard InChI is InChI=1S/C19H38N4O3.HI/c1-16(2)18(23-8-12-24-13-9-23)14-22-19(20-3)21-7-5-10-25-15-17-6-4-11-26-17;/h16-18H,4-15H2,1-3H3,(H2,20,21,22);1H. The van der Waals surface area contributed by atoms with Crippen LogP contribution in [0.2, 0.25) is 0 Å². The van der Waals surface area contributed by atoms with Crippen LogP contribution in [-0.4, -0.2) is 89.3 Å². The van der Waals surface area contributed by atoms with Gasteiger partial charge in [0.2, 0.25) is 0 Å². The van der Waals surface area contributed by atoms with Crippen LogP contribution in [0.5, 0.6) is 0 Å². The fourth-order valence-corrected chi connectivity index (χ4v) is 3.49. The zero-order valence-corrected chi connectivity index (χ0v) is 19.6. The SMILES string of the molecule is CN=C(NCCCOCC1CCCO1)NCC(C(C)C)N1CCOCC1.I. The lowest BCUT2D eigenvalue weighted by Crippen LogP contribution is -2.52. The molecular formula is C19H39IN4O3. The van der Waals surface area contributed by atoms with Gasteiger partial charge in [0.05, 0.1) is 25.9 Å². The predicted octanol–water partition coefficient (Wildman–Crippen LogP) is 1.71. The van der Waals surface area contributed by atoms with Crippen LogP contribution in [0.25, 0.3) is 0 Å². The first kappa shape index (κ1) is 24.9. The van der Waals surface area contributed by atoms with E-state index in [0.29, 0.717) is 18.1 Å². The quantitative estimate of drug-likeness (QED) is 0.207. The van der Waals surface area contributed by atoms with Crippen LogP contribution in [0.3, 0.4) is 0 Å². The third-order valence-electron chi connectivity index (χ3n) is 5.07. The molecule has 0 radical (unpaired) electrons. The molecule has 160 valence electrons. The highest BCUT2D eigenvalue weighted by molar-refractivity contribution is 14.0. The molecule has 2 fully saturated rings. The average Bonchev–Trinajstić information content (AvgIpc) is 3.17. The van der Waals surface area contributed by atoms with E-state index in [4.69, 9.17) is 14.2 Å². The van der Waals surface area contributed by atoms with Crippen molar-refractivity contribution in [2.24, 2.45) is 10.9 Å². The smallest absolute Gasteiger partial charge is 0.191 e. The number of rotatable bonds is 10. The molecule has 2 aliphatic heterocycles. The molecule has 0 amide bonds. The highest BCUT2D eigenvalue weighted by Gasteiger charge is 2.23. The van der Waals surface area contributed by atoms with Crippen molar-refractivity contribution in [1.29, 1.82) is 0 Å². The molecule has 0 spiro atoms. The number of nitrogens with one attached hydrogen (secondary N) is 2. The second kappa shape index (κ2) is 14.8. The number of hydrogen-bond donors (Lipinski definition) is 2. The van der Waals surface area contributed by atoms with Crippen molar-refractivity contribution in [3.05, 3.63) is 0 Å². The van der Waals surface area contributed by atoms with E-state index in [1.807, 2.05) is 7.05 Å². The monoisotopic (exact) mass is 498 g/mol. The van der Waals surface area contributed by atoms with Crippen LogP contribution >= 0.6 is 24.0 Å². The van der Waals surface area contributed by atoms with Gasteiger partial charge in [-0.1, -0.05) is 13.8 Å². The summed E-state index contributed by atoms with van der Waals surface area (Å²) in [6.07, 6.45) is 3.57. The topological polar surface area (TPSA) is 67.4 Å². The molecule has 0 aromatic rings. The molecule has 0 aromatic heterocycles. The van der Waals surface area contributed by atoms with Crippen molar-refractivity contribution in [2.75, 3.05) is 66.3 Å². The van der Waals surface area contributed by atoms with E-state index in [2.05, 4.69) is 34.4 Å². The molecule has 2 heterocycles. The summed E-state index contributed by atoms with van der Waals surface area (Å²) in [4.78, 5) is 6.86. The van der Waals surface area contributed by atoms with Crippen molar-refractivity contribution in [2.45, 2.75) is 45.3 Å². The summed E-state index contributed by atoms with van der Waals surface area (Å²) in [5, 5.41) is 6.86. The zero-order valence-electron chi connectivity index (χ0n) is 17.2. The van der Waals surface area contributed by atoms with Crippen molar-refractivity contribution in [1.82, 2.24) is 15.5 Å². The fraction of sp³-hybridized carbons (Fsp3) is 0.947. The predicted molar refractivity (Wildman–Crippen MR) is 120 cm³/mol. The molecule has 0 aromatic carbocycles. The zero-order chi connectivity index (χ0) is 18.6. The first-order valence-corrected chi connectivity index (χ1v) is 10.2. The Balaban J connectivity index is 0.00000364. The van der Waals surface area contributed by atoms with Gasteiger partial charge in [-0.3, -0.25) is 9.89 Å².